The highest BCUT2D eigenvalue weighted by Crippen LogP contribution is 2.28. The van der Waals surface area contributed by atoms with Gasteiger partial charge < -0.3 is 15.4 Å². The highest BCUT2D eigenvalue weighted by atomic mass is 32.2. The molecule has 2 N–H and O–H groups in total. The molecule has 1 aromatic carbocycles. The second-order valence-corrected chi connectivity index (χ2v) is 9.60. The van der Waals surface area contributed by atoms with E-state index >= 15 is 0 Å². The van der Waals surface area contributed by atoms with Gasteiger partial charge in [-0.25, -0.2) is 8.42 Å². The zero-order chi connectivity index (χ0) is 23.3. The fourth-order valence-corrected chi connectivity index (χ4v) is 5.80. The maximum Gasteiger partial charge on any atom is 0.309 e. The van der Waals surface area contributed by atoms with E-state index < -0.39 is 28.1 Å². The van der Waals surface area contributed by atoms with Gasteiger partial charge in [0.15, 0.2) is 0 Å². The predicted octanol–water partition coefficient (Wildman–Crippen LogP) is 1.18. The van der Waals surface area contributed by atoms with E-state index in [1.165, 1.54) is 4.31 Å². The van der Waals surface area contributed by atoms with Crippen molar-refractivity contribution in [3.05, 3.63) is 58.9 Å². The molecule has 0 aliphatic carbocycles. The molecule has 1 fully saturated rings. The van der Waals surface area contributed by atoms with Gasteiger partial charge >= 0.3 is 11.8 Å². The third kappa shape index (κ3) is 5.50. The summed E-state index contributed by atoms with van der Waals surface area (Å²) in [7, 11) is -3.85. The molecule has 0 radical (unpaired) electrons. The average molecular weight is 461 g/mol. The lowest BCUT2D eigenvalue weighted by Gasteiger charge is -2.35. The number of carbonyl (C=O) groups excluding carboxylic acids is 2. The van der Waals surface area contributed by atoms with Gasteiger partial charge in [0.2, 0.25) is 10.0 Å². The number of pyridine rings is 1. The lowest BCUT2D eigenvalue weighted by Crippen LogP contribution is -2.53. The van der Waals surface area contributed by atoms with Gasteiger partial charge in [0, 0.05) is 25.5 Å². The normalized spacial score (nSPS) is 17.0. The van der Waals surface area contributed by atoms with Gasteiger partial charge in [-0.15, -0.1) is 0 Å². The molecule has 1 saturated heterocycles. The van der Waals surface area contributed by atoms with Crippen molar-refractivity contribution in [1.29, 1.82) is 0 Å². The molecule has 32 heavy (non-hydrogen) atoms. The summed E-state index contributed by atoms with van der Waals surface area (Å²) in [5.74, 6) is -1.66. The van der Waals surface area contributed by atoms with E-state index in [-0.39, 0.29) is 24.5 Å². The number of rotatable bonds is 6. The SMILES string of the molecule is Cc1cc(C)c(S(=O)(=O)N2CCCO[C@@H]2CNC(=O)C(=O)NCc2ccncc2)c(C)c1. The largest absolute Gasteiger partial charge is 0.360 e. The van der Waals surface area contributed by atoms with E-state index in [1.807, 2.05) is 19.1 Å². The van der Waals surface area contributed by atoms with Crippen molar-refractivity contribution >= 4 is 21.8 Å². The fraction of sp³-hybridized carbons (Fsp3) is 0.409. The monoisotopic (exact) mass is 460 g/mol. The number of benzene rings is 1. The number of nitrogens with one attached hydrogen (secondary N) is 2. The van der Waals surface area contributed by atoms with Crippen LogP contribution in [0.1, 0.15) is 28.7 Å². The molecular formula is C22H28N4O5S. The Hall–Kier alpha value is -2.82. The molecule has 0 bridgehead atoms. The minimum Gasteiger partial charge on any atom is -0.360 e. The summed E-state index contributed by atoms with van der Waals surface area (Å²) < 4.78 is 33.8. The first-order valence-corrected chi connectivity index (χ1v) is 11.8. The van der Waals surface area contributed by atoms with Gasteiger partial charge in [-0.1, -0.05) is 17.7 Å². The minimum atomic E-state index is -3.85. The second kappa shape index (κ2) is 10.2. The molecule has 3 rings (SSSR count). The lowest BCUT2D eigenvalue weighted by atomic mass is 10.1. The summed E-state index contributed by atoms with van der Waals surface area (Å²) in [5.41, 5.74) is 3.10. The molecule has 1 atom stereocenters. The number of nitrogens with zero attached hydrogens (tertiary/aromatic N) is 2. The molecule has 0 unspecified atom stereocenters. The first-order chi connectivity index (χ1) is 15.2. The Bertz CT molecular complexity index is 1070. The first kappa shape index (κ1) is 23.8. The van der Waals surface area contributed by atoms with Gasteiger partial charge in [-0.2, -0.15) is 4.31 Å². The van der Waals surface area contributed by atoms with E-state index in [1.54, 1.807) is 38.4 Å². The molecule has 10 heteroatoms. The van der Waals surface area contributed by atoms with Gasteiger partial charge in [0.25, 0.3) is 0 Å². The molecule has 0 saturated carbocycles. The summed E-state index contributed by atoms with van der Waals surface area (Å²) in [6.45, 7) is 6.13. The number of hydrogen-bond acceptors (Lipinski definition) is 6. The number of carbonyl (C=O) groups is 2. The number of aryl methyl sites for hydroxylation is 3. The minimum absolute atomic E-state index is 0.134. The van der Waals surface area contributed by atoms with Crippen LogP contribution in [0.5, 0.6) is 0 Å². The summed E-state index contributed by atoms with van der Waals surface area (Å²) in [6, 6.07) is 7.11. The van der Waals surface area contributed by atoms with E-state index in [9.17, 15) is 18.0 Å². The van der Waals surface area contributed by atoms with E-state index in [2.05, 4.69) is 15.6 Å². The zero-order valence-corrected chi connectivity index (χ0v) is 19.2. The second-order valence-electron chi connectivity index (χ2n) is 7.77. The van der Waals surface area contributed by atoms with Crippen LogP contribution in [-0.4, -0.2) is 55.4 Å². The van der Waals surface area contributed by atoms with Crippen LogP contribution in [0.4, 0.5) is 0 Å². The molecule has 9 nitrogen and oxygen atoms in total. The number of amides is 2. The molecule has 2 amide bonds. The van der Waals surface area contributed by atoms with E-state index in [0.29, 0.717) is 24.2 Å². The summed E-state index contributed by atoms with van der Waals surface area (Å²) in [4.78, 5) is 28.5. The van der Waals surface area contributed by atoms with Crippen molar-refractivity contribution in [3.63, 3.8) is 0 Å². The molecule has 1 aliphatic heterocycles. The van der Waals surface area contributed by atoms with Crippen LogP contribution < -0.4 is 10.6 Å². The topological polar surface area (TPSA) is 118 Å². The highest BCUT2D eigenvalue weighted by Gasteiger charge is 2.36. The number of sulfonamides is 1. The average Bonchev–Trinajstić information content (AvgIpc) is 2.75. The fourth-order valence-electron chi connectivity index (χ4n) is 3.82. The molecular weight excluding hydrogens is 432 g/mol. The Kier molecular flexibility index (Phi) is 7.60. The predicted molar refractivity (Wildman–Crippen MR) is 118 cm³/mol. The first-order valence-electron chi connectivity index (χ1n) is 10.4. The Balaban J connectivity index is 1.66. The van der Waals surface area contributed by atoms with Gasteiger partial charge in [-0.3, -0.25) is 14.6 Å². The Morgan fingerprint density at radius 2 is 1.72 bits per heavy atom. The van der Waals surface area contributed by atoms with Crippen molar-refractivity contribution in [3.8, 4) is 0 Å². The zero-order valence-electron chi connectivity index (χ0n) is 18.4. The molecule has 2 heterocycles. The molecule has 1 aliphatic rings. The van der Waals surface area contributed by atoms with Crippen molar-refractivity contribution in [2.75, 3.05) is 19.7 Å². The van der Waals surface area contributed by atoms with Crippen LogP contribution in [-0.2, 0) is 30.9 Å². The Morgan fingerprint density at radius 1 is 1.09 bits per heavy atom. The Morgan fingerprint density at radius 3 is 2.38 bits per heavy atom. The van der Waals surface area contributed by atoms with E-state index in [0.717, 1.165) is 11.1 Å². The van der Waals surface area contributed by atoms with Gasteiger partial charge in [0.05, 0.1) is 18.0 Å². The van der Waals surface area contributed by atoms with Crippen molar-refractivity contribution in [2.24, 2.45) is 0 Å². The van der Waals surface area contributed by atoms with Crippen LogP contribution in [0.2, 0.25) is 0 Å². The van der Waals surface area contributed by atoms with Crippen molar-refractivity contribution in [1.82, 2.24) is 19.9 Å². The standard InChI is InChI=1S/C22H28N4O5S/c1-15-11-16(2)20(17(3)12-15)32(29,30)26-9-4-10-31-19(26)14-25-22(28)21(27)24-13-18-5-7-23-8-6-18/h5-8,11-12,19H,4,9-10,13-14H2,1-3H3,(H,24,27)(H,25,28)/t19-/m1/s1. The van der Waals surface area contributed by atoms with Gasteiger partial charge in [0.1, 0.15) is 6.23 Å². The van der Waals surface area contributed by atoms with Crippen LogP contribution in [0.3, 0.4) is 0 Å². The third-order valence-electron chi connectivity index (χ3n) is 5.17. The maximum atomic E-state index is 13.4. The van der Waals surface area contributed by atoms with Crippen molar-refractivity contribution < 1.29 is 22.7 Å². The van der Waals surface area contributed by atoms with Gasteiger partial charge in [-0.05, 0) is 56.0 Å². The molecule has 2 aromatic rings. The molecule has 172 valence electrons. The summed E-state index contributed by atoms with van der Waals surface area (Å²) in [6.07, 6.45) is 2.83. The molecule has 1 aromatic heterocycles. The molecule has 0 spiro atoms. The third-order valence-corrected chi connectivity index (χ3v) is 7.37. The quantitative estimate of drug-likeness (QED) is 0.625. The van der Waals surface area contributed by atoms with Crippen LogP contribution in [0.15, 0.2) is 41.6 Å². The maximum absolute atomic E-state index is 13.4. The summed E-state index contributed by atoms with van der Waals surface area (Å²) >= 11 is 0. The summed E-state index contributed by atoms with van der Waals surface area (Å²) in [5, 5.41) is 5.01. The van der Waals surface area contributed by atoms with Crippen LogP contribution >= 0.6 is 0 Å². The lowest BCUT2D eigenvalue weighted by molar-refractivity contribution is -0.140. The Labute approximate surface area is 188 Å². The smallest absolute Gasteiger partial charge is 0.309 e. The number of ether oxygens (including phenoxy) is 1. The van der Waals surface area contributed by atoms with E-state index in [4.69, 9.17) is 4.74 Å². The van der Waals surface area contributed by atoms with Crippen LogP contribution in [0, 0.1) is 20.8 Å². The number of hydrogen-bond donors (Lipinski definition) is 2. The van der Waals surface area contributed by atoms with Crippen LogP contribution in [0.25, 0.3) is 0 Å². The van der Waals surface area contributed by atoms with Crippen molar-refractivity contribution in [2.45, 2.75) is 44.9 Å². The highest BCUT2D eigenvalue weighted by molar-refractivity contribution is 7.89. The number of aromatic nitrogens is 1.